The molecule has 3 aromatic rings. The van der Waals surface area contributed by atoms with Gasteiger partial charge in [-0.15, -0.1) is 0 Å². The first-order valence-electron chi connectivity index (χ1n) is 8.71. The number of nitrogens with zero attached hydrogens (tertiary/aromatic N) is 2. The maximum atomic E-state index is 14.6. The van der Waals surface area contributed by atoms with Gasteiger partial charge in [-0.2, -0.15) is 0 Å². The first-order chi connectivity index (χ1) is 13.5. The number of rotatable bonds is 6. The van der Waals surface area contributed by atoms with E-state index in [-0.39, 0.29) is 25.1 Å². The summed E-state index contributed by atoms with van der Waals surface area (Å²) in [6, 6.07) is 9.29. The minimum atomic E-state index is -0.473. The summed E-state index contributed by atoms with van der Waals surface area (Å²) in [6.45, 7) is 2.16. The minimum Gasteiger partial charge on any atom is -0.462 e. The molecule has 0 fully saturated rings. The van der Waals surface area contributed by atoms with E-state index in [2.05, 4.69) is 4.98 Å². The molecule has 0 aliphatic carbocycles. The second-order valence-electron chi connectivity index (χ2n) is 6.18. The summed E-state index contributed by atoms with van der Waals surface area (Å²) in [5.41, 5.74) is 1.66. The summed E-state index contributed by atoms with van der Waals surface area (Å²) in [7, 11) is 0. The van der Waals surface area contributed by atoms with Crippen molar-refractivity contribution in [2.45, 2.75) is 19.9 Å². The molecule has 0 radical (unpaired) electrons. The van der Waals surface area contributed by atoms with Crippen LogP contribution in [-0.2, 0) is 17.7 Å². The lowest BCUT2D eigenvalue weighted by atomic mass is 10.0. The Labute approximate surface area is 166 Å². The second kappa shape index (κ2) is 8.80. The predicted molar refractivity (Wildman–Crippen MR) is 104 cm³/mol. The summed E-state index contributed by atoms with van der Waals surface area (Å²) >= 11 is 6.32. The molecule has 5 nitrogen and oxygen atoms in total. The van der Waals surface area contributed by atoms with E-state index < -0.39 is 11.8 Å². The molecule has 2 aromatic heterocycles. The normalized spacial score (nSPS) is 10.7. The van der Waals surface area contributed by atoms with E-state index in [1.165, 1.54) is 29.0 Å². The zero-order chi connectivity index (χ0) is 20.1. The standard InChI is InChI=1S/C21H18ClFN2O3/c1-2-28-21(27)16-8-14(11-24-12-16)7-15-9-18(22)17(10-19(15)23)13-25-6-4-3-5-20(25)26/h3-6,8-12H,2,7,13H2,1H3. The highest BCUT2D eigenvalue weighted by atomic mass is 35.5. The highest BCUT2D eigenvalue weighted by Crippen LogP contribution is 2.24. The maximum Gasteiger partial charge on any atom is 0.339 e. The smallest absolute Gasteiger partial charge is 0.339 e. The van der Waals surface area contributed by atoms with Gasteiger partial charge in [-0.05, 0) is 47.9 Å². The third-order valence-electron chi connectivity index (χ3n) is 4.16. The van der Waals surface area contributed by atoms with Gasteiger partial charge in [0.15, 0.2) is 0 Å². The fourth-order valence-corrected chi connectivity index (χ4v) is 3.04. The maximum absolute atomic E-state index is 14.6. The van der Waals surface area contributed by atoms with E-state index in [4.69, 9.17) is 16.3 Å². The van der Waals surface area contributed by atoms with Gasteiger partial charge in [-0.25, -0.2) is 9.18 Å². The van der Waals surface area contributed by atoms with Gasteiger partial charge in [0, 0.05) is 36.1 Å². The van der Waals surface area contributed by atoms with E-state index in [1.807, 2.05) is 0 Å². The van der Waals surface area contributed by atoms with Crippen LogP contribution in [0.15, 0.2) is 59.8 Å². The van der Waals surface area contributed by atoms with Gasteiger partial charge in [0.05, 0.1) is 18.7 Å². The monoisotopic (exact) mass is 400 g/mol. The molecule has 0 aliphatic rings. The molecule has 7 heteroatoms. The van der Waals surface area contributed by atoms with Crippen molar-refractivity contribution in [1.29, 1.82) is 0 Å². The number of ether oxygens (including phenoxy) is 1. The van der Waals surface area contributed by atoms with Gasteiger partial charge in [0.1, 0.15) is 5.82 Å². The number of hydrogen-bond acceptors (Lipinski definition) is 4. The van der Waals surface area contributed by atoms with Crippen LogP contribution < -0.4 is 5.56 Å². The summed E-state index contributed by atoms with van der Waals surface area (Å²) in [5.74, 6) is -0.913. The average Bonchev–Trinajstić information content (AvgIpc) is 2.68. The molecule has 0 bridgehead atoms. The first-order valence-corrected chi connectivity index (χ1v) is 9.09. The highest BCUT2D eigenvalue weighted by molar-refractivity contribution is 6.31. The predicted octanol–water partition coefficient (Wildman–Crippen LogP) is 3.85. The molecule has 0 aliphatic heterocycles. The van der Waals surface area contributed by atoms with E-state index >= 15 is 0 Å². The molecule has 0 saturated carbocycles. The zero-order valence-corrected chi connectivity index (χ0v) is 15.9. The largest absolute Gasteiger partial charge is 0.462 e. The van der Waals surface area contributed by atoms with Crippen LogP contribution in [0.2, 0.25) is 5.02 Å². The minimum absolute atomic E-state index is 0.176. The average molecular weight is 401 g/mol. The third-order valence-corrected chi connectivity index (χ3v) is 4.51. The Hall–Kier alpha value is -2.99. The number of carbonyl (C=O) groups is 1. The van der Waals surface area contributed by atoms with Crippen molar-refractivity contribution < 1.29 is 13.9 Å². The number of hydrogen-bond donors (Lipinski definition) is 0. The molecule has 0 atom stereocenters. The molecule has 3 rings (SSSR count). The number of aromatic nitrogens is 2. The molecular weight excluding hydrogens is 383 g/mol. The highest BCUT2D eigenvalue weighted by Gasteiger charge is 2.13. The van der Waals surface area contributed by atoms with Crippen molar-refractivity contribution >= 4 is 17.6 Å². The molecule has 0 spiro atoms. The van der Waals surface area contributed by atoms with Gasteiger partial charge >= 0.3 is 5.97 Å². The molecule has 144 valence electrons. The van der Waals surface area contributed by atoms with Crippen LogP contribution in [0.1, 0.15) is 34.0 Å². The van der Waals surface area contributed by atoms with E-state index in [0.717, 1.165) is 0 Å². The SMILES string of the molecule is CCOC(=O)c1cncc(Cc2cc(Cl)c(Cn3ccccc3=O)cc2F)c1. The quantitative estimate of drug-likeness (QED) is 0.589. The molecule has 0 saturated heterocycles. The molecule has 0 amide bonds. The van der Waals surface area contributed by atoms with E-state index in [9.17, 15) is 14.0 Å². The lowest BCUT2D eigenvalue weighted by molar-refractivity contribution is 0.0525. The Balaban J connectivity index is 1.83. The Morgan fingerprint density at radius 2 is 2.04 bits per heavy atom. The van der Waals surface area contributed by atoms with Crippen LogP contribution in [0.25, 0.3) is 0 Å². The zero-order valence-electron chi connectivity index (χ0n) is 15.2. The van der Waals surface area contributed by atoms with Crippen LogP contribution in [0.4, 0.5) is 4.39 Å². The van der Waals surface area contributed by atoms with Gasteiger partial charge in [0.25, 0.3) is 5.56 Å². The summed E-state index contributed by atoms with van der Waals surface area (Å²) < 4.78 is 21.0. The van der Waals surface area contributed by atoms with Crippen molar-refractivity contribution in [2.24, 2.45) is 0 Å². The molecule has 0 N–H and O–H groups in total. The number of pyridine rings is 2. The van der Waals surface area contributed by atoms with Gasteiger partial charge in [0.2, 0.25) is 0 Å². The Morgan fingerprint density at radius 1 is 1.21 bits per heavy atom. The van der Waals surface area contributed by atoms with Crippen molar-refractivity contribution in [2.75, 3.05) is 6.61 Å². The van der Waals surface area contributed by atoms with Crippen LogP contribution >= 0.6 is 11.6 Å². The van der Waals surface area contributed by atoms with Crippen molar-refractivity contribution in [3.05, 3.63) is 98.4 Å². The topological polar surface area (TPSA) is 61.2 Å². The van der Waals surface area contributed by atoms with Crippen LogP contribution in [0.5, 0.6) is 0 Å². The summed E-state index contributed by atoms with van der Waals surface area (Å²) in [4.78, 5) is 27.7. The number of carbonyl (C=O) groups excluding carboxylic acids is 1. The van der Waals surface area contributed by atoms with E-state index in [1.54, 1.807) is 37.5 Å². The van der Waals surface area contributed by atoms with E-state index in [0.29, 0.717) is 27.3 Å². The van der Waals surface area contributed by atoms with Crippen molar-refractivity contribution in [3.8, 4) is 0 Å². The molecule has 28 heavy (non-hydrogen) atoms. The molecule has 2 heterocycles. The third kappa shape index (κ3) is 4.64. The number of halogens is 2. The van der Waals surface area contributed by atoms with Crippen LogP contribution in [0.3, 0.4) is 0 Å². The number of esters is 1. The fraction of sp³-hybridized carbons (Fsp3) is 0.190. The van der Waals surface area contributed by atoms with Gasteiger partial charge in [-0.3, -0.25) is 9.78 Å². The van der Waals surface area contributed by atoms with Gasteiger partial charge < -0.3 is 9.30 Å². The Kier molecular flexibility index (Phi) is 6.21. The summed E-state index contributed by atoms with van der Waals surface area (Å²) in [6.07, 6.45) is 4.81. The lowest BCUT2D eigenvalue weighted by Crippen LogP contribution is -2.18. The van der Waals surface area contributed by atoms with Gasteiger partial charge in [-0.1, -0.05) is 17.7 Å². The Bertz CT molecular complexity index is 1070. The van der Waals surface area contributed by atoms with Crippen molar-refractivity contribution in [3.63, 3.8) is 0 Å². The first kappa shape index (κ1) is 19.8. The molecule has 1 aromatic carbocycles. The Morgan fingerprint density at radius 3 is 2.79 bits per heavy atom. The summed E-state index contributed by atoms with van der Waals surface area (Å²) in [5, 5.41) is 0.363. The lowest BCUT2D eigenvalue weighted by Gasteiger charge is -2.11. The van der Waals surface area contributed by atoms with Crippen LogP contribution in [-0.4, -0.2) is 22.1 Å². The second-order valence-corrected chi connectivity index (χ2v) is 6.59. The number of benzene rings is 1. The fourth-order valence-electron chi connectivity index (χ4n) is 2.79. The molecular formula is C21H18ClFN2O3. The molecule has 0 unspecified atom stereocenters. The van der Waals surface area contributed by atoms with Crippen LogP contribution in [0, 0.1) is 5.82 Å². The van der Waals surface area contributed by atoms with Crippen molar-refractivity contribution in [1.82, 2.24) is 9.55 Å².